The molecule has 1 aliphatic rings. The summed E-state index contributed by atoms with van der Waals surface area (Å²) >= 11 is 12.4. The smallest absolute Gasteiger partial charge is 0.322 e. The number of para-hydroxylation sites is 1. The zero-order valence-electron chi connectivity index (χ0n) is 13.1. The second-order valence-electron chi connectivity index (χ2n) is 5.60. The monoisotopic (exact) mass is 385 g/mol. The Morgan fingerprint density at radius 3 is 2.24 bits per heavy atom. The van der Waals surface area contributed by atoms with Crippen LogP contribution in [0.3, 0.4) is 0 Å². The summed E-state index contributed by atoms with van der Waals surface area (Å²) in [6.07, 6.45) is 0. The predicted octanol–water partition coefficient (Wildman–Crippen LogP) is 4.63. The van der Waals surface area contributed by atoms with Crippen molar-refractivity contribution in [2.24, 2.45) is 0 Å². The van der Waals surface area contributed by atoms with Gasteiger partial charge in [-0.15, -0.1) is 0 Å². The average molecular weight is 386 g/mol. The Hall–Kier alpha value is -2.05. The molecule has 0 bridgehead atoms. The highest BCUT2D eigenvalue weighted by molar-refractivity contribution is 6.39. The first-order chi connectivity index (χ1) is 12.0. The number of piperazine rings is 1. The lowest BCUT2D eigenvalue weighted by Gasteiger charge is -2.36. The molecule has 0 unspecified atom stereocenters. The standard InChI is InChI=1S/C17H15Cl2F2N3O/c18-12-2-1-3-13(19)16(12)23-6-8-24(9-7-23)17(25)22-15-5-4-11(20)10-14(15)21/h1-5,10H,6-9H2,(H,22,25). The second-order valence-corrected chi connectivity index (χ2v) is 6.41. The molecule has 1 N–H and O–H groups in total. The van der Waals surface area contributed by atoms with E-state index in [0.717, 1.165) is 17.8 Å². The molecule has 0 saturated carbocycles. The number of nitrogens with zero attached hydrogens (tertiary/aromatic N) is 2. The van der Waals surface area contributed by atoms with Gasteiger partial charge in [-0.2, -0.15) is 0 Å². The third-order valence-corrected chi connectivity index (χ3v) is 4.60. The summed E-state index contributed by atoms with van der Waals surface area (Å²) in [7, 11) is 0. The molecular formula is C17H15Cl2F2N3O. The van der Waals surface area contributed by atoms with Crippen LogP contribution in [0.4, 0.5) is 25.0 Å². The Bertz CT molecular complexity index is 775. The first-order valence-corrected chi connectivity index (χ1v) is 8.41. The molecule has 2 aromatic rings. The number of nitrogens with one attached hydrogen (secondary N) is 1. The number of carbonyl (C=O) groups is 1. The fraction of sp³-hybridized carbons (Fsp3) is 0.235. The summed E-state index contributed by atoms with van der Waals surface area (Å²) < 4.78 is 26.6. The number of carbonyl (C=O) groups excluding carboxylic acids is 1. The molecule has 2 amide bonds. The first-order valence-electron chi connectivity index (χ1n) is 7.65. The summed E-state index contributed by atoms with van der Waals surface area (Å²) in [5, 5.41) is 3.57. The lowest BCUT2D eigenvalue weighted by atomic mass is 10.2. The third kappa shape index (κ3) is 3.96. The molecule has 3 rings (SSSR count). The topological polar surface area (TPSA) is 35.6 Å². The molecule has 0 spiro atoms. The molecule has 2 aromatic carbocycles. The minimum absolute atomic E-state index is 0.0528. The van der Waals surface area contributed by atoms with Gasteiger partial charge in [0.15, 0.2) is 0 Å². The average Bonchev–Trinajstić information content (AvgIpc) is 2.58. The van der Waals surface area contributed by atoms with Crippen molar-refractivity contribution in [2.45, 2.75) is 0 Å². The van der Waals surface area contributed by atoms with Crippen molar-refractivity contribution in [1.29, 1.82) is 0 Å². The van der Waals surface area contributed by atoms with Gasteiger partial charge in [0.1, 0.15) is 11.6 Å². The summed E-state index contributed by atoms with van der Waals surface area (Å²) in [6, 6.07) is 7.88. The Balaban J connectivity index is 1.63. The van der Waals surface area contributed by atoms with Crippen molar-refractivity contribution in [2.75, 3.05) is 36.4 Å². The molecule has 1 fully saturated rings. The Morgan fingerprint density at radius 1 is 1.00 bits per heavy atom. The molecule has 0 radical (unpaired) electrons. The van der Waals surface area contributed by atoms with E-state index in [0.29, 0.717) is 36.2 Å². The van der Waals surface area contributed by atoms with E-state index >= 15 is 0 Å². The number of amides is 2. The highest BCUT2D eigenvalue weighted by Gasteiger charge is 2.24. The highest BCUT2D eigenvalue weighted by Crippen LogP contribution is 2.34. The van der Waals surface area contributed by atoms with Crippen LogP contribution in [0.15, 0.2) is 36.4 Å². The van der Waals surface area contributed by atoms with Crippen LogP contribution in [0.5, 0.6) is 0 Å². The van der Waals surface area contributed by atoms with Gasteiger partial charge in [0, 0.05) is 32.2 Å². The minimum Gasteiger partial charge on any atom is -0.366 e. The fourth-order valence-corrected chi connectivity index (χ4v) is 3.35. The van der Waals surface area contributed by atoms with E-state index in [2.05, 4.69) is 5.32 Å². The van der Waals surface area contributed by atoms with Crippen molar-refractivity contribution in [3.63, 3.8) is 0 Å². The maximum absolute atomic E-state index is 13.6. The van der Waals surface area contributed by atoms with Crippen molar-refractivity contribution in [3.05, 3.63) is 58.1 Å². The summed E-state index contributed by atoms with van der Waals surface area (Å²) in [5.74, 6) is -1.50. The van der Waals surface area contributed by atoms with Crippen LogP contribution in [0, 0.1) is 11.6 Å². The summed E-state index contributed by atoms with van der Waals surface area (Å²) in [6.45, 7) is 1.94. The molecule has 4 nitrogen and oxygen atoms in total. The van der Waals surface area contributed by atoms with Crippen LogP contribution in [-0.4, -0.2) is 37.1 Å². The maximum Gasteiger partial charge on any atom is 0.322 e. The van der Waals surface area contributed by atoms with Gasteiger partial charge in [0.2, 0.25) is 0 Å². The fourth-order valence-electron chi connectivity index (χ4n) is 2.71. The van der Waals surface area contributed by atoms with Gasteiger partial charge in [0.25, 0.3) is 0 Å². The Morgan fingerprint density at radius 2 is 1.64 bits per heavy atom. The molecule has 0 aromatic heterocycles. The van der Waals surface area contributed by atoms with Gasteiger partial charge in [-0.3, -0.25) is 0 Å². The van der Waals surface area contributed by atoms with Crippen LogP contribution in [0.2, 0.25) is 10.0 Å². The van der Waals surface area contributed by atoms with Gasteiger partial charge in [-0.25, -0.2) is 13.6 Å². The molecule has 8 heteroatoms. The molecular weight excluding hydrogens is 371 g/mol. The molecule has 25 heavy (non-hydrogen) atoms. The summed E-state index contributed by atoms with van der Waals surface area (Å²) in [5.41, 5.74) is 0.693. The normalized spacial score (nSPS) is 14.6. The van der Waals surface area contributed by atoms with Gasteiger partial charge in [0.05, 0.1) is 21.4 Å². The lowest BCUT2D eigenvalue weighted by molar-refractivity contribution is 0.208. The van der Waals surface area contributed by atoms with E-state index in [-0.39, 0.29) is 5.69 Å². The van der Waals surface area contributed by atoms with Gasteiger partial charge in [-0.1, -0.05) is 29.3 Å². The number of urea groups is 1. The van der Waals surface area contributed by atoms with Crippen LogP contribution in [0.25, 0.3) is 0 Å². The van der Waals surface area contributed by atoms with E-state index in [1.54, 1.807) is 23.1 Å². The number of halogens is 4. The van der Waals surface area contributed by atoms with Crippen LogP contribution in [0.1, 0.15) is 0 Å². The predicted molar refractivity (Wildman–Crippen MR) is 95.6 cm³/mol. The van der Waals surface area contributed by atoms with Crippen LogP contribution in [-0.2, 0) is 0 Å². The second kappa shape index (κ2) is 7.45. The van der Waals surface area contributed by atoms with E-state index in [1.807, 2.05) is 4.90 Å². The molecule has 1 aliphatic heterocycles. The van der Waals surface area contributed by atoms with Crippen molar-refractivity contribution >= 4 is 40.6 Å². The highest BCUT2D eigenvalue weighted by atomic mass is 35.5. The van der Waals surface area contributed by atoms with E-state index < -0.39 is 17.7 Å². The quantitative estimate of drug-likeness (QED) is 0.817. The van der Waals surface area contributed by atoms with Crippen molar-refractivity contribution < 1.29 is 13.6 Å². The van der Waals surface area contributed by atoms with Crippen LogP contribution >= 0.6 is 23.2 Å². The molecule has 0 atom stereocenters. The Labute approximate surface area is 153 Å². The first kappa shape index (κ1) is 17.8. The number of hydrogen-bond acceptors (Lipinski definition) is 2. The SMILES string of the molecule is O=C(Nc1ccc(F)cc1F)N1CCN(c2c(Cl)cccc2Cl)CC1. The molecule has 1 heterocycles. The Kier molecular flexibility index (Phi) is 5.30. The van der Waals surface area contributed by atoms with Gasteiger partial charge in [-0.05, 0) is 24.3 Å². The number of hydrogen-bond donors (Lipinski definition) is 1. The molecule has 1 saturated heterocycles. The zero-order chi connectivity index (χ0) is 18.0. The lowest BCUT2D eigenvalue weighted by Crippen LogP contribution is -2.50. The number of anilines is 2. The van der Waals surface area contributed by atoms with Gasteiger partial charge >= 0.3 is 6.03 Å². The molecule has 132 valence electrons. The van der Waals surface area contributed by atoms with Gasteiger partial charge < -0.3 is 15.1 Å². The summed E-state index contributed by atoms with van der Waals surface area (Å²) in [4.78, 5) is 15.8. The zero-order valence-corrected chi connectivity index (χ0v) is 14.6. The molecule has 0 aliphatic carbocycles. The van der Waals surface area contributed by atoms with Crippen molar-refractivity contribution in [3.8, 4) is 0 Å². The van der Waals surface area contributed by atoms with Crippen molar-refractivity contribution in [1.82, 2.24) is 4.90 Å². The van der Waals surface area contributed by atoms with E-state index in [9.17, 15) is 13.6 Å². The maximum atomic E-state index is 13.6. The number of benzene rings is 2. The number of rotatable bonds is 2. The third-order valence-electron chi connectivity index (χ3n) is 3.99. The van der Waals surface area contributed by atoms with Crippen LogP contribution < -0.4 is 10.2 Å². The minimum atomic E-state index is -0.810. The van der Waals surface area contributed by atoms with E-state index in [4.69, 9.17) is 23.2 Å². The van der Waals surface area contributed by atoms with E-state index in [1.165, 1.54) is 6.07 Å². The largest absolute Gasteiger partial charge is 0.366 e.